The zero-order valence-corrected chi connectivity index (χ0v) is 12.1. The lowest BCUT2D eigenvalue weighted by atomic mass is 9.76. The molecule has 2 aromatic rings. The lowest BCUT2D eigenvalue weighted by Gasteiger charge is -2.32. The second-order valence-corrected chi connectivity index (χ2v) is 5.78. The van der Waals surface area contributed by atoms with Gasteiger partial charge in [-0.2, -0.15) is 5.26 Å². The van der Waals surface area contributed by atoms with Gasteiger partial charge in [0.25, 0.3) is 0 Å². The Balaban J connectivity index is 1.91. The van der Waals surface area contributed by atoms with Gasteiger partial charge >= 0.3 is 0 Å². The molecule has 0 unspecified atom stereocenters. The fourth-order valence-electron chi connectivity index (χ4n) is 3.39. The van der Waals surface area contributed by atoms with Crippen LogP contribution in [0.2, 0.25) is 0 Å². The first-order chi connectivity index (χ1) is 10.6. The van der Waals surface area contributed by atoms with Gasteiger partial charge in [-0.15, -0.1) is 0 Å². The number of carbonyl (C=O) groups excluding carboxylic acids is 1. The molecule has 0 bridgehead atoms. The van der Waals surface area contributed by atoms with Gasteiger partial charge in [-0.3, -0.25) is 4.79 Å². The zero-order valence-electron chi connectivity index (χ0n) is 12.1. The smallest absolute Gasteiger partial charge is 0.207 e. The van der Waals surface area contributed by atoms with Crippen LogP contribution < -0.4 is 4.74 Å². The Morgan fingerprint density at radius 2 is 2.05 bits per heavy atom. The van der Waals surface area contributed by atoms with E-state index < -0.39 is 5.60 Å². The molecule has 0 amide bonds. The molecule has 2 aliphatic rings. The third-order valence-corrected chi connectivity index (χ3v) is 4.41. The van der Waals surface area contributed by atoms with E-state index in [1.54, 1.807) is 12.1 Å². The SMILES string of the molecule is CC1=Cc2ccccc2[C@]2(Cc3cc(C#N)ccc3O2)C1=O. The van der Waals surface area contributed by atoms with Crippen LogP contribution in [0.3, 0.4) is 0 Å². The van der Waals surface area contributed by atoms with Gasteiger partial charge in [-0.25, -0.2) is 0 Å². The summed E-state index contributed by atoms with van der Waals surface area (Å²) in [7, 11) is 0. The molecule has 1 spiro atoms. The lowest BCUT2D eigenvalue weighted by Crippen LogP contribution is -2.43. The first-order valence-corrected chi connectivity index (χ1v) is 7.19. The van der Waals surface area contributed by atoms with Gasteiger partial charge in [0.2, 0.25) is 11.4 Å². The Bertz CT molecular complexity index is 889. The van der Waals surface area contributed by atoms with Crippen molar-refractivity contribution in [2.24, 2.45) is 0 Å². The van der Waals surface area contributed by atoms with E-state index in [4.69, 9.17) is 10.00 Å². The summed E-state index contributed by atoms with van der Waals surface area (Å²) in [6.07, 6.45) is 2.38. The van der Waals surface area contributed by atoms with Crippen molar-refractivity contribution < 1.29 is 9.53 Å². The normalized spacial score (nSPS) is 21.6. The summed E-state index contributed by atoms with van der Waals surface area (Å²) in [4.78, 5) is 12.9. The van der Waals surface area contributed by atoms with Crippen molar-refractivity contribution in [3.05, 3.63) is 70.3 Å². The molecule has 22 heavy (non-hydrogen) atoms. The predicted molar refractivity (Wildman–Crippen MR) is 82.3 cm³/mol. The fraction of sp³-hybridized carbons (Fsp3) is 0.158. The number of Topliss-reactive ketones (excluding diaryl/α,β-unsaturated/α-hetero) is 1. The molecule has 3 heteroatoms. The van der Waals surface area contributed by atoms with Crippen LogP contribution in [0.1, 0.15) is 29.2 Å². The van der Waals surface area contributed by atoms with Crippen LogP contribution in [0.15, 0.2) is 48.0 Å². The van der Waals surface area contributed by atoms with E-state index in [-0.39, 0.29) is 5.78 Å². The summed E-state index contributed by atoms with van der Waals surface area (Å²) in [5.74, 6) is 0.692. The Hall–Kier alpha value is -2.86. The highest BCUT2D eigenvalue weighted by atomic mass is 16.5. The van der Waals surface area contributed by atoms with Crippen molar-refractivity contribution in [3.63, 3.8) is 0 Å². The quantitative estimate of drug-likeness (QED) is 0.746. The molecular formula is C19H13NO2. The van der Waals surface area contributed by atoms with Crippen molar-refractivity contribution >= 4 is 11.9 Å². The van der Waals surface area contributed by atoms with E-state index in [0.717, 1.165) is 16.7 Å². The maximum atomic E-state index is 12.9. The molecular weight excluding hydrogens is 274 g/mol. The number of nitrogens with zero attached hydrogens (tertiary/aromatic N) is 1. The molecule has 3 nitrogen and oxygen atoms in total. The van der Waals surface area contributed by atoms with Crippen molar-refractivity contribution in [1.82, 2.24) is 0 Å². The third-order valence-electron chi connectivity index (χ3n) is 4.41. The van der Waals surface area contributed by atoms with Crippen LogP contribution in [-0.2, 0) is 16.8 Å². The van der Waals surface area contributed by atoms with E-state index in [1.165, 1.54) is 0 Å². The molecule has 0 saturated heterocycles. The van der Waals surface area contributed by atoms with Crippen LogP contribution in [-0.4, -0.2) is 5.78 Å². The minimum atomic E-state index is -0.980. The van der Waals surface area contributed by atoms with E-state index in [9.17, 15) is 4.79 Å². The van der Waals surface area contributed by atoms with E-state index in [0.29, 0.717) is 23.3 Å². The van der Waals surface area contributed by atoms with Crippen LogP contribution in [0.25, 0.3) is 6.08 Å². The van der Waals surface area contributed by atoms with Gasteiger partial charge in [0, 0.05) is 17.5 Å². The number of nitriles is 1. The van der Waals surface area contributed by atoms with Crippen LogP contribution in [0.4, 0.5) is 0 Å². The maximum absolute atomic E-state index is 12.9. The van der Waals surface area contributed by atoms with Crippen LogP contribution in [0, 0.1) is 11.3 Å². The van der Waals surface area contributed by atoms with Crippen LogP contribution >= 0.6 is 0 Å². The summed E-state index contributed by atoms with van der Waals surface area (Å²) in [5, 5.41) is 9.06. The molecule has 0 N–H and O–H groups in total. The standard InChI is InChI=1S/C19H13NO2/c1-12-8-14-4-2-3-5-16(14)19(18(12)21)10-15-9-13(11-20)6-7-17(15)22-19/h2-9H,10H2,1H3/t19-/m1/s1. The minimum absolute atomic E-state index is 0.000840. The molecule has 1 aliphatic carbocycles. The summed E-state index contributed by atoms with van der Waals surface area (Å²) in [6.45, 7) is 1.83. The van der Waals surface area contributed by atoms with Crippen molar-refractivity contribution in [1.29, 1.82) is 5.26 Å². The third kappa shape index (κ3) is 1.58. The summed E-state index contributed by atoms with van der Waals surface area (Å²) >= 11 is 0. The van der Waals surface area contributed by atoms with Crippen molar-refractivity contribution in [3.8, 4) is 11.8 Å². The number of fused-ring (bicyclic) bond motifs is 3. The highest BCUT2D eigenvalue weighted by Crippen LogP contribution is 2.46. The number of hydrogen-bond donors (Lipinski definition) is 0. The van der Waals surface area contributed by atoms with Gasteiger partial charge in [0.1, 0.15) is 5.75 Å². The van der Waals surface area contributed by atoms with Gasteiger partial charge in [0.15, 0.2) is 0 Å². The highest BCUT2D eigenvalue weighted by Gasteiger charge is 2.50. The van der Waals surface area contributed by atoms with Crippen LogP contribution in [0.5, 0.6) is 5.75 Å². The zero-order chi connectivity index (χ0) is 15.3. The van der Waals surface area contributed by atoms with Gasteiger partial charge in [0.05, 0.1) is 11.6 Å². The van der Waals surface area contributed by atoms with Crippen molar-refractivity contribution in [2.75, 3.05) is 0 Å². The Morgan fingerprint density at radius 1 is 1.23 bits per heavy atom. The monoisotopic (exact) mass is 287 g/mol. The fourth-order valence-corrected chi connectivity index (χ4v) is 3.39. The maximum Gasteiger partial charge on any atom is 0.207 e. The molecule has 106 valence electrons. The summed E-state index contributed by atoms with van der Waals surface area (Å²) in [5.41, 5.74) is 3.15. The summed E-state index contributed by atoms with van der Waals surface area (Å²) < 4.78 is 6.14. The van der Waals surface area contributed by atoms with E-state index in [2.05, 4.69) is 6.07 Å². The molecule has 0 saturated carbocycles. The second-order valence-electron chi connectivity index (χ2n) is 5.78. The Kier molecular flexibility index (Phi) is 2.52. The molecule has 1 aliphatic heterocycles. The number of rotatable bonds is 0. The van der Waals surface area contributed by atoms with E-state index in [1.807, 2.05) is 43.3 Å². The first kappa shape index (κ1) is 12.8. The highest BCUT2D eigenvalue weighted by molar-refractivity contribution is 6.09. The second kappa shape index (κ2) is 4.32. The average Bonchev–Trinajstić information content (AvgIpc) is 2.92. The van der Waals surface area contributed by atoms with Gasteiger partial charge in [-0.1, -0.05) is 24.3 Å². The average molecular weight is 287 g/mol. The Morgan fingerprint density at radius 3 is 2.86 bits per heavy atom. The molecule has 0 fully saturated rings. The number of hydrogen-bond acceptors (Lipinski definition) is 3. The molecule has 1 heterocycles. The molecule has 0 radical (unpaired) electrons. The molecule has 4 rings (SSSR count). The number of benzene rings is 2. The minimum Gasteiger partial charge on any atom is -0.474 e. The number of ketones is 1. The lowest BCUT2D eigenvalue weighted by molar-refractivity contribution is -0.130. The van der Waals surface area contributed by atoms with Crippen molar-refractivity contribution in [2.45, 2.75) is 18.9 Å². The Labute approximate surface area is 128 Å². The number of ether oxygens (including phenoxy) is 1. The van der Waals surface area contributed by atoms with E-state index >= 15 is 0 Å². The largest absolute Gasteiger partial charge is 0.474 e. The summed E-state index contributed by atoms with van der Waals surface area (Å²) in [6, 6.07) is 15.3. The molecule has 0 aromatic heterocycles. The predicted octanol–water partition coefficient (Wildman–Crippen LogP) is 3.37. The molecule has 1 atom stereocenters. The first-order valence-electron chi connectivity index (χ1n) is 7.19. The molecule has 2 aromatic carbocycles. The van der Waals surface area contributed by atoms with Gasteiger partial charge in [-0.05, 0) is 42.3 Å². The van der Waals surface area contributed by atoms with Gasteiger partial charge < -0.3 is 4.74 Å². The number of carbonyl (C=O) groups is 1. The topological polar surface area (TPSA) is 50.1 Å².